The zero-order chi connectivity index (χ0) is 48.1. The Morgan fingerprint density at radius 3 is 1.68 bits per heavy atom. The third-order valence-electron chi connectivity index (χ3n) is 11.5. The molecular weight excluding hydrogens is 835 g/mol. The molecule has 12 nitrogen and oxygen atoms in total. The molecule has 1 N–H and O–H groups in total. The van der Waals surface area contributed by atoms with Crippen LogP contribution >= 0.6 is 0 Å². The molecule has 0 saturated heterocycles. The maximum Gasteiger partial charge on any atom is 0.233 e. The normalized spacial score (nSPS) is 18.5. The molecule has 4 aliphatic carbocycles. The predicted molar refractivity (Wildman–Crippen MR) is 245 cm³/mol. The Kier molecular flexibility index (Phi) is 13.9. The van der Waals surface area contributed by atoms with Crippen LogP contribution in [-0.2, 0) is 19.1 Å². The second-order valence-electron chi connectivity index (χ2n) is 18.1. The predicted octanol–water partition coefficient (Wildman–Crippen LogP) is 9.19. The molecular formula is C54H47N3O9. The number of ketones is 6. The first-order valence-corrected chi connectivity index (χ1v) is 21.1. The quantitative estimate of drug-likeness (QED) is 0.151. The molecule has 0 saturated carbocycles. The highest BCUT2D eigenvalue weighted by molar-refractivity contribution is 6.50. The number of nitriles is 2. The van der Waals surface area contributed by atoms with E-state index in [0.717, 1.165) is 24.5 Å². The number of Topliss-reactive ketones (excluding diaryl/α,β-unsaturated/α-hetero) is 4. The third kappa shape index (κ3) is 10.3. The van der Waals surface area contributed by atoms with Gasteiger partial charge in [-0.2, -0.15) is 10.5 Å². The zero-order valence-electron chi connectivity index (χ0n) is 37.4. The molecule has 0 fully saturated rings. The Balaban J connectivity index is 0.000000169. The second-order valence-corrected chi connectivity index (χ2v) is 18.1. The lowest BCUT2D eigenvalue weighted by atomic mass is 9.67. The fourth-order valence-corrected chi connectivity index (χ4v) is 8.32. The van der Waals surface area contributed by atoms with Gasteiger partial charge < -0.3 is 14.7 Å². The van der Waals surface area contributed by atoms with Gasteiger partial charge in [0.25, 0.3) is 0 Å². The fourth-order valence-electron chi connectivity index (χ4n) is 8.32. The number of allylic oxidation sites excluding steroid dienone is 7. The summed E-state index contributed by atoms with van der Waals surface area (Å²) in [4.78, 5) is 85.8. The monoisotopic (exact) mass is 881 g/mol. The van der Waals surface area contributed by atoms with Crippen molar-refractivity contribution in [3.8, 4) is 12.1 Å². The van der Waals surface area contributed by atoms with Crippen molar-refractivity contribution >= 4 is 46.7 Å². The van der Waals surface area contributed by atoms with Crippen LogP contribution in [0.2, 0.25) is 0 Å². The fraction of sp³-hybridized carbons (Fsp3) is 0.241. The number of rotatable bonds is 3. The van der Waals surface area contributed by atoms with Crippen molar-refractivity contribution in [2.75, 3.05) is 14.1 Å². The van der Waals surface area contributed by atoms with Crippen molar-refractivity contribution < 1.29 is 43.4 Å². The Morgan fingerprint density at radius 2 is 1.15 bits per heavy atom. The summed E-state index contributed by atoms with van der Waals surface area (Å²) in [7, 11) is 3.97. The molecule has 9 rings (SSSR count). The Labute approximate surface area is 382 Å². The van der Waals surface area contributed by atoms with Gasteiger partial charge in [-0.05, 0) is 47.1 Å². The highest BCUT2D eigenvalue weighted by Gasteiger charge is 2.48. The average molecular weight is 882 g/mol. The molecule has 0 radical (unpaired) electrons. The van der Waals surface area contributed by atoms with Gasteiger partial charge >= 0.3 is 0 Å². The Morgan fingerprint density at radius 1 is 0.636 bits per heavy atom. The summed E-state index contributed by atoms with van der Waals surface area (Å²) in [5.74, 6) is -2.04. The molecule has 66 heavy (non-hydrogen) atoms. The molecule has 0 spiro atoms. The second kappa shape index (κ2) is 19.3. The number of aliphatic hydroxyl groups is 1. The number of ether oxygens (including phenoxy) is 1. The number of fused-ring (bicyclic) bond motifs is 2. The summed E-state index contributed by atoms with van der Waals surface area (Å²) in [5, 5.41) is 26.9. The van der Waals surface area contributed by atoms with Crippen LogP contribution < -0.4 is 0 Å². The number of benzene rings is 4. The number of aliphatic hydroxyl groups excluding tert-OH is 1. The van der Waals surface area contributed by atoms with E-state index in [4.69, 9.17) is 15.3 Å². The first-order valence-electron chi connectivity index (χ1n) is 21.1. The topological polar surface area (TPSA) is 200 Å². The molecule has 4 aromatic carbocycles. The molecule has 12 heteroatoms. The minimum absolute atomic E-state index is 0.0160. The number of hydrogen-bond acceptors (Lipinski definition) is 12. The molecule has 0 amide bonds. The lowest BCUT2D eigenvalue weighted by Crippen LogP contribution is -2.37. The highest BCUT2D eigenvalue weighted by atomic mass is 16.5. The van der Waals surface area contributed by atoms with Crippen LogP contribution in [-0.4, -0.2) is 65.1 Å². The SMILES string of the molecule is CC1(C)CC(=O)C2=C(C1)OC1=C(C(=O)c3ccccc3C1=O)C2c1ccc(C#N)cc1.CN(C)C1=CC(=O)CC(C)(C)C1.N#Cc1ccc(C=O)cc1.O=C1C=C(O)c2ccccc2C1=O. The van der Waals surface area contributed by atoms with E-state index in [-0.39, 0.29) is 56.6 Å². The van der Waals surface area contributed by atoms with Crippen LogP contribution in [0.1, 0.15) is 123 Å². The number of nitrogens with zero attached hydrogens (tertiary/aromatic N) is 3. The number of carbonyl (C=O) groups is 7. The number of hydrogen-bond donors (Lipinski definition) is 1. The van der Waals surface area contributed by atoms with E-state index in [2.05, 4.69) is 19.9 Å². The zero-order valence-corrected chi connectivity index (χ0v) is 37.4. The van der Waals surface area contributed by atoms with E-state index < -0.39 is 17.5 Å². The van der Waals surface area contributed by atoms with Crippen LogP contribution in [0.5, 0.6) is 0 Å². The van der Waals surface area contributed by atoms with Crippen molar-refractivity contribution in [3.05, 3.63) is 182 Å². The summed E-state index contributed by atoms with van der Waals surface area (Å²) in [6.07, 6.45) is 6.00. The van der Waals surface area contributed by atoms with E-state index in [1.165, 1.54) is 6.07 Å². The van der Waals surface area contributed by atoms with E-state index in [9.17, 15) is 38.7 Å². The van der Waals surface area contributed by atoms with Gasteiger partial charge in [-0.1, -0.05) is 100 Å². The lowest BCUT2D eigenvalue weighted by Gasteiger charge is -2.39. The van der Waals surface area contributed by atoms with Gasteiger partial charge in [0, 0.05) is 90.5 Å². The van der Waals surface area contributed by atoms with E-state index in [1.54, 1.807) is 97.1 Å². The molecule has 332 valence electrons. The molecule has 0 bridgehead atoms. The largest absolute Gasteiger partial charge is 0.507 e. The van der Waals surface area contributed by atoms with Gasteiger partial charge in [-0.15, -0.1) is 0 Å². The molecule has 0 aromatic heterocycles. The third-order valence-corrected chi connectivity index (χ3v) is 11.5. The van der Waals surface area contributed by atoms with Gasteiger partial charge in [-0.25, -0.2) is 0 Å². The Bertz CT molecular complexity index is 2910. The minimum atomic E-state index is -0.695. The lowest BCUT2D eigenvalue weighted by molar-refractivity contribution is -0.119. The van der Waals surface area contributed by atoms with Crippen LogP contribution in [0.4, 0.5) is 0 Å². The van der Waals surface area contributed by atoms with Gasteiger partial charge in [0.2, 0.25) is 17.3 Å². The van der Waals surface area contributed by atoms with Gasteiger partial charge in [0.15, 0.2) is 23.1 Å². The van der Waals surface area contributed by atoms with Gasteiger partial charge in [0.05, 0.1) is 28.8 Å². The Hall–Kier alpha value is -8.09. The number of aldehydes is 1. The van der Waals surface area contributed by atoms with Gasteiger partial charge in [0.1, 0.15) is 17.8 Å². The van der Waals surface area contributed by atoms with Crippen molar-refractivity contribution in [2.45, 2.75) is 59.3 Å². The summed E-state index contributed by atoms with van der Waals surface area (Å²) in [5.41, 5.74) is 5.32. The summed E-state index contributed by atoms with van der Waals surface area (Å²) in [6, 6.07) is 30.5. The maximum atomic E-state index is 13.5. The summed E-state index contributed by atoms with van der Waals surface area (Å²) < 4.78 is 6.05. The summed E-state index contributed by atoms with van der Waals surface area (Å²) in [6.45, 7) is 8.26. The van der Waals surface area contributed by atoms with Crippen LogP contribution in [0.15, 0.2) is 138 Å². The summed E-state index contributed by atoms with van der Waals surface area (Å²) >= 11 is 0. The van der Waals surface area contributed by atoms with E-state index >= 15 is 0 Å². The van der Waals surface area contributed by atoms with Crippen LogP contribution in [0.3, 0.4) is 0 Å². The van der Waals surface area contributed by atoms with Crippen molar-refractivity contribution in [3.63, 3.8) is 0 Å². The smallest absolute Gasteiger partial charge is 0.233 e. The molecule has 1 heterocycles. The number of carbonyl (C=O) groups excluding carboxylic acids is 7. The average Bonchev–Trinajstić information content (AvgIpc) is 3.29. The first kappa shape index (κ1) is 47.4. The van der Waals surface area contributed by atoms with Crippen molar-refractivity contribution in [1.29, 1.82) is 10.5 Å². The van der Waals surface area contributed by atoms with E-state index in [0.29, 0.717) is 69.5 Å². The van der Waals surface area contributed by atoms with Crippen molar-refractivity contribution in [2.24, 2.45) is 10.8 Å². The molecule has 1 aliphatic heterocycles. The van der Waals surface area contributed by atoms with Crippen LogP contribution in [0.25, 0.3) is 5.76 Å². The maximum absolute atomic E-state index is 13.5. The van der Waals surface area contributed by atoms with Crippen molar-refractivity contribution in [1.82, 2.24) is 4.90 Å². The minimum Gasteiger partial charge on any atom is -0.507 e. The highest BCUT2D eigenvalue weighted by Crippen LogP contribution is 2.51. The first-order chi connectivity index (χ1) is 31.3. The van der Waals surface area contributed by atoms with Crippen LogP contribution in [0, 0.1) is 33.5 Å². The standard InChI is InChI=1S/C26H19NO4.C10H17NO.C10H6O3.C8H5NO/c1-26(2)11-18(28)21-19(12-26)31-25-22(20(21)15-9-7-14(13-27)8-10-15)23(29)16-5-3-4-6-17(16)24(25)30;1-10(2)6-8(11(3)4)5-9(12)7-10;11-8-5-9(12)10(13)7-4-2-1-3-6(7)8;9-5-7-1-3-8(6-10)4-2-7/h3-10,20H,11-12H2,1-2H3;5H,6-7H2,1-4H3;1-5,11H;1-4,6H. The molecule has 4 aromatic rings. The molecule has 1 unspecified atom stereocenters. The van der Waals surface area contributed by atoms with Gasteiger partial charge in [-0.3, -0.25) is 33.6 Å². The molecule has 1 atom stereocenters. The van der Waals surface area contributed by atoms with E-state index in [1.807, 2.05) is 38.9 Å². The molecule has 5 aliphatic rings.